The molecule has 4 aromatic rings. The molecule has 2 heterocycles. The van der Waals surface area contributed by atoms with E-state index in [1.807, 2.05) is 0 Å². The predicted octanol–water partition coefficient (Wildman–Crippen LogP) is 3.43. The van der Waals surface area contributed by atoms with Crippen LogP contribution < -0.4 is 44.0 Å². The van der Waals surface area contributed by atoms with Crippen molar-refractivity contribution in [2.75, 3.05) is 32.0 Å². The summed E-state index contributed by atoms with van der Waals surface area (Å²) in [6.07, 6.45) is 3.68. The van der Waals surface area contributed by atoms with Crippen molar-refractivity contribution < 1.29 is 37.8 Å². The van der Waals surface area contributed by atoms with Crippen molar-refractivity contribution in [2.24, 2.45) is 22.9 Å². The van der Waals surface area contributed by atoms with Gasteiger partial charge in [-0.1, -0.05) is 48.3 Å². The molecule has 0 saturated heterocycles. The Bertz CT molecular complexity index is 2320. The minimum atomic E-state index is -1.20. The minimum Gasteiger partial charge on any atom is -0.490 e. The molecule has 0 spiro atoms. The predicted molar refractivity (Wildman–Crippen MR) is 243 cm³/mol. The van der Waals surface area contributed by atoms with E-state index in [2.05, 4.69) is 32.7 Å². The molecule has 0 bridgehead atoms. The molecule has 0 radical (unpaired) electrons. The van der Waals surface area contributed by atoms with E-state index >= 15 is 0 Å². The average Bonchev–Trinajstić information content (AvgIpc) is 3.78. The van der Waals surface area contributed by atoms with Crippen molar-refractivity contribution in [3.63, 3.8) is 0 Å². The monoisotopic (exact) mass is 931 g/mol. The van der Waals surface area contributed by atoms with Gasteiger partial charge in [-0.2, -0.15) is 10.5 Å². The zero-order valence-corrected chi connectivity index (χ0v) is 37.7. The number of nitrogen functional groups attached to an aromatic ring is 1. The van der Waals surface area contributed by atoms with Gasteiger partial charge >= 0.3 is 11.9 Å². The number of esters is 2. The number of carbonyl (C=O) groups excluding carboxylic acids is 4. The van der Waals surface area contributed by atoms with Gasteiger partial charge in [0, 0.05) is 21.9 Å². The van der Waals surface area contributed by atoms with Crippen molar-refractivity contribution in [3.8, 4) is 40.5 Å². The lowest BCUT2D eigenvalue weighted by atomic mass is 9.97. The van der Waals surface area contributed by atoms with Gasteiger partial charge in [-0.3, -0.25) is 9.59 Å². The number of pyridine rings is 1. The molecule has 4 rings (SSSR count). The first kappa shape index (κ1) is 51.4. The molecule has 5 atom stereocenters. The number of ether oxygens (including phenoxy) is 3. The number of thioether (sulfide) groups is 1. The molecule has 65 heavy (non-hydrogen) atoms. The van der Waals surface area contributed by atoms with Crippen LogP contribution in [0.3, 0.4) is 0 Å². The molecule has 2 unspecified atom stereocenters. The standard InChI is InChI=1S/C44H54ClN11O8S/c1-25(53-39(57)35(50)7-3-5-17-46)43(59)63-23-32(64-44(60)26(2)54-40(58)36(51)8-4-6-18-47)22-61-31-15-11-27(12-16-31)37-33(19-48)38(52)56-42(34(37)20-49)65-24-30-21-62-41(55-30)28-9-13-29(45)14-10-28/h9-16,21,25-26,32,35-36H,3-8,17-18,22-24,46-47,50-51H2,1-2H3,(H2,52,56)(H,53,57)(H,54,58)/t25?,26?,32-,35-,36-/m0/s1. The number of rotatable bonds is 25. The molecular formula is C44H54ClN11O8S. The summed E-state index contributed by atoms with van der Waals surface area (Å²) >= 11 is 7.19. The van der Waals surface area contributed by atoms with Gasteiger partial charge in [-0.05, 0) is 94.6 Å². The van der Waals surface area contributed by atoms with Crippen LogP contribution in [0.25, 0.3) is 22.6 Å². The van der Waals surface area contributed by atoms with E-state index in [-0.39, 0.29) is 45.6 Å². The Morgan fingerprint density at radius 2 is 1.37 bits per heavy atom. The molecule has 2 amide bonds. The first-order valence-corrected chi connectivity index (χ1v) is 22.1. The van der Waals surface area contributed by atoms with E-state index in [9.17, 15) is 29.7 Å². The van der Waals surface area contributed by atoms with Crippen LogP contribution in [-0.4, -0.2) is 90.3 Å². The Morgan fingerprint density at radius 1 is 0.800 bits per heavy atom. The highest BCUT2D eigenvalue weighted by molar-refractivity contribution is 7.98. The number of benzene rings is 2. The molecule has 0 aliphatic rings. The summed E-state index contributed by atoms with van der Waals surface area (Å²) in [5, 5.41) is 26.3. The Morgan fingerprint density at radius 3 is 1.94 bits per heavy atom. The van der Waals surface area contributed by atoms with Gasteiger partial charge in [0.2, 0.25) is 17.7 Å². The number of nitrogens with two attached hydrogens (primary N) is 5. The van der Waals surface area contributed by atoms with Crippen LogP contribution in [-0.2, 0) is 34.4 Å². The molecule has 19 nitrogen and oxygen atoms in total. The fourth-order valence-corrected chi connectivity index (χ4v) is 7.06. The number of hydrogen-bond donors (Lipinski definition) is 7. The van der Waals surface area contributed by atoms with Crippen molar-refractivity contribution >= 4 is 52.9 Å². The lowest BCUT2D eigenvalue weighted by Gasteiger charge is -2.23. The summed E-state index contributed by atoms with van der Waals surface area (Å²) in [6.45, 7) is 2.92. The molecule has 21 heteroatoms. The lowest BCUT2D eigenvalue weighted by Crippen LogP contribution is -2.49. The maximum absolute atomic E-state index is 13.2. The first-order valence-electron chi connectivity index (χ1n) is 20.8. The number of amides is 2. The Labute approximate surface area is 386 Å². The zero-order valence-electron chi connectivity index (χ0n) is 36.1. The number of hydrogen-bond acceptors (Lipinski definition) is 18. The Balaban J connectivity index is 1.48. The number of nitriles is 2. The third kappa shape index (κ3) is 15.5. The molecule has 0 saturated carbocycles. The number of nitrogens with one attached hydrogen (secondary N) is 2. The van der Waals surface area contributed by atoms with Crippen molar-refractivity contribution in [1.82, 2.24) is 20.6 Å². The summed E-state index contributed by atoms with van der Waals surface area (Å²) in [5.74, 6) is -1.95. The highest BCUT2D eigenvalue weighted by Crippen LogP contribution is 2.37. The number of nitrogens with zero attached hydrogens (tertiary/aromatic N) is 4. The van der Waals surface area contributed by atoms with Gasteiger partial charge in [0.1, 0.15) is 65.9 Å². The molecule has 0 aliphatic carbocycles. The number of oxazole rings is 1. The molecule has 346 valence electrons. The Hall–Kier alpha value is -6.26. The van der Waals surface area contributed by atoms with Crippen LogP contribution >= 0.6 is 23.4 Å². The van der Waals surface area contributed by atoms with Crippen LogP contribution in [0.5, 0.6) is 5.75 Å². The zero-order chi connectivity index (χ0) is 47.5. The van der Waals surface area contributed by atoms with Crippen LogP contribution in [0.2, 0.25) is 5.02 Å². The molecule has 2 aromatic carbocycles. The van der Waals surface area contributed by atoms with E-state index in [1.165, 1.54) is 31.9 Å². The molecule has 12 N–H and O–H groups in total. The number of unbranched alkanes of at least 4 members (excludes halogenated alkanes) is 2. The van der Waals surface area contributed by atoms with E-state index in [0.29, 0.717) is 73.8 Å². The maximum Gasteiger partial charge on any atom is 0.328 e. The highest BCUT2D eigenvalue weighted by atomic mass is 35.5. The average molecular weight is 933 g/mol. The van der Waals surface area contributed by atoms with Gasteiger partial charge in [-0.25, -0.2) is 19.6 Å². The summed E-state index contributed by atoms with van der Waals surface area (Å²) < 4.78 is 22.7. The maximum atomic E-state index is 13.2. The molecule has 0 fully saturated rings. The van der Waals surface area contributed by atoms with Gasteiger partial charge in [0.15, 0.2) is 6.10 Å². The van der Waals surface area contributed by atoms with Gasteiger partial charge in [0.05, 0.1) is 23.3 Å². The van der Waals surface area contributed by atoms with Crippen LogP contribution in [0, 0.1) is 22.7 Å². The topological polar surface area (TPSA) is 337 Å². The number of anilines is 1. The fraction of sp³-hybridized carbons (Fsp3) is 0.409. The Kier molecular flexibility index (Phi) is 20.5. The summed E-state index contributed by atoms with van der Waals surface area (Å²) in [4.78, 5) is 60.3. The highest BCUT2D eigenvalue weighted by Gasteiger charge is 2.28. The van der Waals surface area contributed by atoms with Crippen LogP contribution in [0.1, 0.15) is 69.2 Å². The molecule has 2 aromatic heterocycles. The first-order chi connectivity index (χ1) is 31.2. The smallest absolute Gasteiger partial charge is 0.328 e. The molecule has 0 aliphatic heterocycles. The van der Waals surface area contributed by atoms with Crippen LogP contribution in [0.15, 0.2) is 64.2 Å². The summed E-state index contributed by atoms with van der Waals surface area (Å²) in [6, 6.07) is 13.6. The fourth-order valence-electron chi connectivity index (χ4n) is 6.06. The molecular weight excluding hydrogens is 878 g/mol. The van der Waals surface area contributed by atoms with Crippen molar-refractivity contribution in [2.45, 2.75) is 93.4 Å². The van der Waals surface area contributed by atoms with E-state index in [0.717, 1.165) is 5.56 Å². The second-order valence-corrected chi connectivity index (χ2v) is 16.3. The third-order valence-electron chi connectivity index (χ3n) is 9.73. The quantitative estimate of drug-likeness (QED) is 0.0284. The van der Waals surface area contributed by atoms with E-state index in [1.54, 1.807) is 48.5 Å². The van der Waals surface area contributed by atoms with Gasteiger partial charge in [-0.15, -0.1) is 0 Å². The van der Waals surface area contributed by atoms with E-state index in [4.69, 9.17) is 58.9 Å². The van der Waals surface area contributed by atoms with Gasteiger partial charge < -0.3 is 57.9 Å². The van der Waals surface area contributed by atoms with Crippen molar-refractivity contribution in [1.29, 1.82) is 10.5 Å². The number of aromatic nitrogens is 2. The number of carbonyl (C=O) groups is 4. The second-order valence-electron chi connectivity index (χ2n) is 14.9. The third-order valence-corrected chi connectivity index (χ3v) is 11.0. The second kappa shape index (κ2) is 25.9. The van der Waals surface area contributed by atoms with E-state index < -0.39 is 60.6 Å². The summed E-state index contributed by atoms with van der Waals surface area (Å²) in [5.41, 5.74) is 31.4. The largest absolute Gasteiger partial charge is 0.490 e. The normalized spacial score (nSPS) is 13.2. The SMILES string of the molecule is CC(NC(=O)[C@@H](N)CCCCN)C(=O)OC[C@H](COc1ccc(-c2c(C#N)c(N)nc(SCc3coc(-c4ccc(Cl)cc4)n3)c2C#N)cc1)OC(=O)C(C)NC(=O)[C@@H](N)CCCCN. The number of halogens is 1. The van der Waals surface area contributed by atoms with Crippen molar-refractivity contribution in [3.05, 3.63) is 76.6 Å². The van der Waals surface area contributed by atoms with Gasteiger partial charge in [0.25, 0.3) is 0 Å². The minimum absolute atomic E-state index is 0.00320. The lowest BCUT2D eigenvalue weighted by molar-refractivity contribution is -0.163. The van der Waals surface area contributed by atoms with Crippen LogP contribution in [0.4, 0.5) is 5.82 Å². The summed E-state index contributed by atoms with van der Waals surface area (Å²) in [7, 11) is 0.